The van der Waals surface area contributed by atoms with E-state index in [9.17, 15) is 14.7 Å². The van der Waals surface area contributed by atoms with Gasteiger partial charge in [-0.15, -0.1) is 11.8 Å². The Labute approximate surface area is 129 Å². The maximum atomic E-state index is 12.1. The number of β-lactam (4-membered cyclic amide) rings is 1. The molecule has 0 spiro atoms. The Morgan fingerprint density at radius 3 is 2.63 bits per heavy atom. The highest BCUT2D eigenvalue weighted by Crippen LogP contribution is 2.51. The minimum Gasteiger partial charge on any atom is -0.460 e. The van der Waals surface area contributed by atoms with E-state index in [0.717, 1.165) is 0 Å². The number of aliphatic hydroxyl groups excluding tert-OH is 1. The molecule has 2 aliphatic heterocycles. The second-order valence-electron chi connectivity index (χ2n) is 4.93. The Bertz CT molecular complexity index is 425. The number of alkyl halides is 3. The normalized spacial score (nSPS) is 32.8. The van der Waals surface area contributed by atoms with Crippen LogP contribution in [-0.2, 0) is 14.3 Å². The average molecular weight is 349 g/mol. The summed E-state index contributed by atoms with van der Waals surface area (Å²) < 4.78 is 2.68. The SMILES string of the molecule is CC1(C)S[C@@H]2[C@H](O)C(=O)N2[C@H]1C(=O)OCC(Cl)(Cl)Cl. The fraction of sp³-hybridized carbons (Fsp3) is 0.800. The number of carbonyl (C=O) groups is 2. The highest BCUT2D eigenvalue weighted by molar-refractivity contribution is 8.01. The number of hydrogen-bond donors (Lipinski definition) is 1. The number of esters is 1. The van der Waals surface area contributed by atoms with Crippen LogP contribution in [0.1, 0.15) is 13.8 Å². The quantitative estimate of drug-likeness (QED) is 0.463. The van der Waals surface area contributed by atoms with Crippen LogP contribution in [0.3, 0.4) is 0 Å². The molecule has 5 nitrogen and oxygen atoms in total. The van der Waals surface area contributed by atoms with Crippen molar-refractivity contribution in [1.29, 1.82) is 0 Å². The van der Waals surface area contributed by atoms with Crippen LogP contribution >= 0.6 is 46.6 Å². The number of thioether (sulfide) groups is 1. The lowest BCUT2D eigenvalue weighted by molar-refractivity contribution is -0.172. The summed E-state index contributed by atoms with van der Waals surface area (Å²) in [6.45, 7) is 3.22. The number of halogens is 3. The first kappa shape index (κ1) is 15.5. The fourth-order valence-electron chi connectivity index (χ4n) is 2.21. The van der Waals surface area contributed by atoms with Gasteiger partial charge in [-0.2, -0.15) is 0 Å². The minimum atomic E-state index is -1.69. The zero-order valence-corrected chi connectivity index (χ0v) is 13.2. The van der Waals surface area contributed by atoms with E-state index in [1.165, 1.54) is 16.7 Å². The molecule has 1 N–H and O–H groups in total. The van der Waals surface area contributed by atoms with Crippen LogP contribution in [0, 0.1) is 0 Å². The molecular formula is C10H12Cl3NO4S. The molecule has 0 aromatic carbocycles. The third kappa shape index (κ3) is 2.78. The van der Waals surface area contributed by atoms with Gasteiger partial charge in [-0.25, -0.2) is 4.79 Å². The third-order valence-electron chi connectivity index (χ3n) is 3.01. The molecule has 0 saturated carbocycles. The molecule has 19 heavy (non-hydrogen) atoms. The van der Waals surface area contributed by atoms with Crippen LogP contribution in [0.15, 0.2) is 0 Å². The summed E-state index contributed by atoms with van der Waals surface area (Å²) in [6, 6.07) is -0.786. The van der Waals surface area contributed by atoms with E-state index in [0.29, 0.717) is 0 Å². The molecule has 0 unspecified atom stereocenters. The van der Waals surface area contributed by atoms with Crippen molar-refractivity contribution in [2.45, 2.75) is 39.9 Å². The zero-order chi connectivity index (χ0) is 14.6. The lowest BCUT2D eigenvalue weighted by atomic mass is 9.97. The molecule has 0 bridgehead atoms. The molecule has 1 amide bonds. The topological polar surface area (TPSA) is 66.8 Å². The van der Waals surface area contributed by atoms with Crippen molar-refractivity contribution < 1.29 is 19.4 Å². The molecule has 0 aromatic heterocycles. The van der Waals surface area contributed by atoms with Crippen molar-refractivity contribution >= 4 is 58.4 Å². The van der Waals surface area contributed by atoms with Gasteiger partial charge in [0, 0.05) is 4.75 Å². The van der Waals surface area contributed by atoms with Crippen LogP contribution in [0.25, 0.3) is 0 Å². The number of rotatable bonds is 2. The maximum absolute atomic E-state index is 12.1. The molecule has 2 fully saturated rings. The van der Waals surface area contributed by atoms with E-state index < -0.39 is 37.9 Å². The summed E-state index contributed by atoms with van der Waals surface area (Å²) in [4.78, 5) is 25.0. The number of amides is 1. The number of carbonyl (C=O) groups excluding carboxylic acids is 2. The van der Waals surface area contributed by atoms with Crippen LogP contribution in [-0.4, -0.2) is 54.5 Å². The lowest BCUT2D eigenvalue weighted by Crippen LogP contribution is -2.65. The largest absolute Gasteiger partial charge is 0.460 e. The highest BCUT2D eigenvalue weighted by atomic mass is 35.6. The number of fused-ring (bicyclic) bond motifs is 1. The lowest BCUT2D eigenvalue weighted by Gasteiger charge is -2.41. The van der Waals surface area contributed by atoms with Crippen LogP contribution in [0.4, 0.5) is 0 Å². The van der Waals surface area contributed by atoms with Crippen molar-refractivity contribution in [3.8, 4) is 0 Å². The van der Waals surface area contributed by atoms with Gasteiger partial charge in [0.15, 0.2) is 6.10 Å². The second kappa shape index (κ2) is 4.84. The van der Waals surface area contributed by atoms with Crippen LogP contribution in [0.5, 0.6) is 0 Å². The first-order valence-corrected chi connectivity index (χ1v) is 7.47. The van der Waals surface area contributed by atoms with Gasteiger partial charge in [0.2, 0.25) is 3.79 Å². The molecule has 2 rings (SSSR count). The summed E-state index contributed by atoms with van der Waals surface area (Å²) in [5.74, 6) is -1.11. The Morgan fingerprint density at radius 1 is 1.53 bits per heavy atom. The molecule has 0 aromatic rings. The summed E-state index contributed by atoms with van der Waals surface area (Å²) in [6.07, 6.45) is -1.06. The molecule has 2 aliphatic rings. The average Bonchev–Trinajstić information content (AvgIpc) is 2.53. The molecule has 108 valence electrons. The number of ether oxygens (including phenoxy) is 1. The number of hydrogen-bond acceptors (Lipinski definition) is 5. The van der Waals surface area contributed by atoms with E-state index in [2.05, 4.69) is 0 Å². The second-order valence-corrected chi connectivity index (χ2v) is 9.21. The maximum Gasteiger partial charge on any atom is 0.330 e. The molecular weight excluding hydrogens is 337 g/mol. The minimum absolute atomic E-state index is 0.386. The van der Waals surface area contributed by atoms with E-state index in [4.69, 9.17) is 39.5 Å². The van der Waals surface area contributed by atoms with E-state index in [1.807, 2.05) is 0 Å². The van der Waals surface area contributed by atoms with Crippen molar-refractivity contribution in [1.82, 2.24) is 4.90 Å². The summed E-state index contributed by atoms with van der Waals surface area (Å²) in [5.41, 5.74) is 0. The predicted molar refractivity (Wildman–Crippen MR) is 73.3 cm³/mol. The standard InChI is InChI=1S/C10H12Cl3NO4S/c1-9(2)5(8(17)18-3-10(11,12)13)14-6(16)4(15)7(14)19-9/h4-5,7,15H,3H2,1-2H3/t4-,5+,7-/m1/s1. The van der Waals surface area contributed by atoms with Gasteiger partial charge in [-0.3, -0.25) is 4.79 Å². The molecule has 0 radical (unpaired) electrons. The molecule has 2 saturated heterocycles. The van der Waals surface area contributed by atoms with Gasteiger partial charge >= 0.3 is 5.97 Å². The molecule has 9 heteroatoms. The third-order valence-corrected chi connectivity index (χ3v) is 4.90. The number of nitrogens with zero attached hydrogens (tertiary/aromatic N) is 1. The smallest absolute Gasteiger partial charge is 0.330 e. The fourth-order valence-corrected chi connectivity index (χ4v) is 3.91. The van der Waals surface area contributed by atoms with Gasteiger partial charge < -0.3 is 14.7 Å². The van der Waals surface area contributed by atoms with Gasteiger partial charge in [-0.1, -0.05) is 34.8 Å². The zero-order valence-electron chi connectivity index (χ0n) is 10.1. The van der Waals surface area contributed by atoms with Gasteiger partial charge in [-0.05, 0) is 13.8 Å². The van der Waals surface area contributed by atoms with Crippen molar-refractivity contribution in [3.63, 3.8) is 0 Å². The predicted octanol–water partition coefficient (Wildman–Crippen LogP) is 1.32. The Morgan fingerprint density at radius 2 is 2.11 bits per heavy atom. The monoisotopic (exact) mass is 347 g/mol. The Balaban J connectivity index is 2.10. The first-order chi connectivity index (χ1) is 8.54. The summed E-state index contributed by atoms with van der Waals surface area (Å²) in [5, 5.41) is 9.14. The van der Waals surface area contributed by atoms with E-state index in [-0.39, 0.29) is 6.61 Å². The Hall–Kier alpha value is 0.120. The van der Waals surface area contributed by atoms with E-state index in [1.54, 1.807) is 13.8 Å². The van der Waals surface area contributed by atoms with Crippen LogP contribution < -0.4 is 0 Å². The molecule has 2 heterocycles. The Kier molecular flexibility index (Phi) is 3.95. The summed E-state index contributed by atoms with van der Waals surface area (Å²) >= 11 is 17.9. The highest BCUT2D eigenvalue weighted by Gasteiger charge is 2.63. The van der Waals surface area contributed by atoms with E-state index >= 15 is 0 Å². The van der Waals surface area contributed by atoms with Gasteiger partial charge in [0.05, 0.1) is 0 Å². The van der Waals surface area contributed by atoms with Crippen molar-refractivity contribution in [2.24, 2.45) is 0 Å². The van der Waals surface area contributed by atoms with Gasteiger partial charge in [0.1, 0.15) is 18.0 Å². The number of aliphatic hydroxyl groups is 1. The summed E-state index contributed by atoms with van der Waals surface area (Å²) in [7, 11) is 0. The van der Waals surface area contributed by atoms with Crippen molar-refractivity contribution in [3.05, 3.63) is 0 Å². The first-order valence-electron chi connectivity index (χ1n) is 5.46. The van der Waals surface area contributed by atoms with Crippen molar-refractivity contribution in [2.75, 3.05) is 6.61 Å². The van der Waals surface area contributed by atoms with Crippen LogP contribution in [0.2, 0.25) is 0 Å². The van der Waals surface area contributed by atoms with Gasteiger partial charge in [0.25, 0.3) is 5.91 Å². The molecule has 0 aliphatic carbocycles. The molecule has 3 atom stereocenters.